The average molecular weight is 341 g/mol. The van der Waals surface area contributed by atoms with Crippen molar-refractivity contribution in [1.29, 1.82) is 0 Å². The lowest BCUT2D eigenvalue weighted by Gasteiger charge is -2.36. The molecule has 25 heavy (non-hydrogen) atoms. The van der Waals surface area contributed by atoms with Gasteiger partial charge in [-0.3, -0.25) is 0 Å². The fourth-order valence-electron chi connectivity index (χ4n) is 4.73. The summed E-state index contributed by atoms with van der Waals surface area (Å²) in [6, 6.07) is 9.24. The molecule has 2 heteroatoms. The molecular weight excluding hydrogens is 304 g/mol. The standard InChI is InChI=1S/C23H36N2/c1-3-5-15-24-17-23(18-25-16-6-4-2)21-13-9-7-11-19(21)20-12-8-10-14-22(20)23/h7,9,11,13,24-25H,3-6,8,10,12,14-18H2,1-2H3. The molecular formula is C23H36N2. The zero-order valence-corrected chi connectivity index (χ0v) is 16.3. The highest BCUT2D eigenvalue weighted by molar-refractivity contribution is 5.81. The monoisotopic (exact) mass is 340 g/mol. The van der Waals surface area contributed by atoms with Crippen LogP contribution in [0.25, 0.3) is 5.57 Å². The summed E-state index contributed by atoms with van der Waals surface area (Å²) in [5, 5.41) is 7.62. The summed E-state index contributed by atoms with van der Waals surface area (Å²) < 4.78 is 0. The minimum absolute atomic E-state index is 0.174. The molecule has 2 nitrogen and oxygen atoms in total. The first-order valence-corrected chi connectivity index (χ1v) is 10.6. The SMILES string of the molecule is CCCCNCC1(CNCCCC)C2=C(CCCC2)c2ccccc21. The van der Waals surface area contributed by atoms with Gasteiger partial charge in [0.05, 0.1) is 0 Å². The first-order chi connectivity index (χ1) is 12.3. The molecule has 0 radical (unpaired) electrons. The third-order valence-corrected chi connectivity index (χ3v) is 6.08. The van der Waals surface area contributed by atoms with Crippen molar-refractivity contribution >= 4 is 5.57 Å². The maximum Gasteiger partial charge on any atom is 0.0422 e. The summed E-state index contributed by atoms with van der Waals surface area (Å²) >= 11 is 0. The largest absolute Gasteiger partial charge is 0.315 e. The van der Waals surface area contributed by atoms with E-state index in [4.69, 9.17) is 0 Å². The topological polar surface area (TPSA) is 24.1 Å². The molecule has 0 fully saturated rings. The lowest BCUT2D eigenvalue weighted by molar-refractivity contribution is 0.409. The Balaban J connectivity index is 1.89. The molecule has 1 aromatic rings. The second-order valence-electron chi connectivity index (χ2n) is 7.85. The predicted molar refractivity (Wildman–Crippen MR) is 109 cm³/mol. The number of nitrogens with one attached hydrogen (secondary N) is 2. The maximum absolute atomic E-state index is 3.81. The van der Waals surface area contributed by atoms with E-state index in [-0.39, 0.29) is 5.41 Å². The van der Waals surface area contributed by atoms with Gasteiger partial charge in [0, 0.05) is 18.5 Å². The Hall–Kier alpha value is -1.12. The zero-order chi connectivity index (χ0) is 17.5. The minimum atomic E-state index is 0.174. The van der Waals surface area contributed by atoms with Gasteiger partial charge in [0.15, 0.2) is 0 Å². The van der Waals surface area contributed by atoms with Gasteiger partial charge in [-0.05, 0) is 68.3 Å². The van der Waals surface area contributed by atoms with Crippen LogP contribution in [-0.2, 0) is 5.41 Å². The van der Waals surface area contributed by atoms with Gasteiger partial charge in [-0.2, -0.15) is 0 Å². The molecule has 0 aromatic heterocycles. The Morgan fingerprint density at radius 3 is 2.20 bits per heavy atom. The average Bonchev–Trinajstić information content (AvgIpc) is 2.94. The molecule has 0 atom stereocenters. The van der Waals surface area contributed by atoms with E-state index in [2.05, 4.69) is 48.7 Å². The molecule has 0 saturated carbocycles. The van der Waals surface area contributed by atoms with Crippen LogP contribution >= 0.6 is 0 Å². The van der Waals surface area contributed by atoms with Gasteiger partial charge in [0.1, 0.15) is 0 Å². The Labute approximate surface area is 154 Å². The molecule has 3 rings (SSSR count). The molecule has 1 aromatic carbocycles. The fourth-order valence-corrected chi connectivity index (χ4v) is 4.73. The molecule has 2 aliphatic rings. The maximum atomic E-state index is 3.81. The van der Waals surface area contributed by atoms with Crippen LogP contribution in [0.15, 0.2) is 29.8 Å². The van der Waals surface area contributed by atoms with Crippen LogP contribution in [0, 0.1) is 0 Å². The highest BCUT2D eigenvalue weighted by atomic mass is 14.9. The van der Waals surface area contributed by atoms with Crippen LogP contribution in [-0.4, -0.2) is 26.2 Å². The number of rotatable bonds is 10. The Kier molecular flexibility index (Phi) is 6.72. The molecule has 0 bridgehead atoms. The van der Waals surface area contributed by atoms with Crippen molar-refractivity contribution in [2.75, 3.05) is 26.2 Å². The fraction of sp³-hybridized carbons (Fsp3) is 0.652. The lowest BCUT2D eigenvalue weighted by Crippen LogP contribution is -2.47. The molecule has 0 aliphatic heterocycles. The van der Waals surface area contributed by atoms with Gasteiger partial charge < -0.3 is 10.6 Å². The normalized spacial score (nSPS) is 18.3. The second kappa shape index (κ2) is 9.00. The van der Waals surface area contributed by atoms with Crippen LogP contribution in [0.1, 0.15) is 76.3 Å². The third kappa shape index (κ3) is 3.85. The minimum Gasteiger partial charge on any atom is -0.315 e. The van der Waals surface area contributed by atoms with E-state index >= 15 is 0 Å². The summed E-state index contributed by atoms with van der Waals surface area (Å²) in [5.41, 5.74) is 6.72. The van der Waals surface area contributed by atoms with E-state index in [0.717, 1.165) is 26.2 Å². The van der Waals surface area contributed by atoms with Crippen molar-refractivity contribution in [1.82, 2.24) is 10.6 Å². The van der Waals surface area contributed by atoms with Gasteiger partial charge in [-0.15, -0.1) is 0 Å². The van der Waals surface area contributed by atoms with E-state index in [0.29, 0.717) is 0 Å². The van der Waals surface area contributed by atoms with Crippen LogP contribution < -0.4 is 10.6 Å². The van der Waals surface area contributed by atoms with Crippen molar-refractivity contribution in [3.8, 4) is 0 Å². The Morgan fingerprint density at radius 1 is 0.880 bits per heavy atom. The Bertz CT molecular complexity index is 576. The summed E-state index contributed by atoms with van der Waals surface area (Å²) in [7, 11) is 0. The second-order valence-corrected chi connectivity index (χ2v) is 7.85. The molecule has 0 heterocycles. The number of allylic oxidation sites excluding steroid dienone is 1. The van der Waals surface area contributed by atoms with E-state index in [1.165, 1.54) is 51.4 Å². The predicted octanol–water partition coefficient (Wildman–Crippen LogP) is 5.05. The van der Waals surface area contributed by atoms with Gasteiger partial charge in [0.25, 0.3) is 0 Å². The third-order valence-electron chi connectivity index (χ3n) is 6.08. The van der Waals surface area contributed by atoms with Gasteiger partial charge >= 0.3 is 0 Å². The summed E-state index contributed by atoms with van der Waals surface area (Å²) in [6.07, 6.45) is 10.3. The molecule has 0 spiro atoms. The van der Waals surface area contributed by atoms with Crippen LogP contribution in [0.2, 0.25) is 0 Å². The van der Waals surface area contributed by atoms with Crippen molar-refractivity contribution < 1.29 is 0 Å². The van der Waals surface area contributed by atoms with Gasteiger partial charge in [0.2, 0.25) is 0 Å². The quantitative estimate of drug-likeness (QED) is 0.583. The number of hydrogen-bond donors (Lipinski definition) is 2. The first-order valence-electron chi connectivity index (χ1n) is 10.6. The molecule has 138 valence electrons. The molecule has 2 N–H and O–H groups in total. The number of unbranched alkanes of at least 4 members (excludes halogenated alkanes) is 2. The van der Waals surface area contributed by atoms with Crippen molar-refractivity contribution in [2.24, 2.45) is 0 Å². The number of hydrogen-bond acceptors (Lipinski definition) is 2. The summed E-state index contributed by atoms with van der Waals surface area (Å²) in [5.74, 6) is 0. The molecule has 2 aliphatic carbocycles. The highest BCUT2D eigenvalue weighted by Gasteiger charge is 2.44. The van der Waals surface area contributed by atoms with Gasteiger partial charge in [-0.1, -0.05) is 56.5 Å². The van der Waals surface area contributed by atoms with Crippen LogP contribution in [0.5, 0.6) is 0 Å². The van der Waals surface area contributed by atoms with E-state index in [9.17, 15) is 0 Å². The molecule has 0 unspecified atom stereocenters. The van der Waals surface area contributed by atoms with Crippen molar-refractivity contribution in [2.45, 2.75) is 70.6 Å². The van der Waals surface area contributed by atoms with Crippen molar-refractivity contribution in [3.63, 3.8) is 0 Å². The highest BCUT2D eigenvalue weighted by Crippen LogP contribution is 2.51. The smallest absolute Gasteiger partial charge is 0.0422 e. The van der Waals surface area contributed by atoms with Crippen LogP contribution in [0.4, 0.5) is 0 Å². The number of fused-ring (bicyclic) bond motifs is 2. The summed E-state index contributed by atoms with van der Waals surface area (Å²) in [4.78, 5) is 0. The van der Waals surface area contributed by atoms with E-state index in [1.807, 2.05) is 0 Å². The first kappa shape index (κ1) is 18.7. The lowest BCUT2D eigenvalue weighted by atomic mass is 9.73. The van der Waals surface area contributed by atoms with Crippen LogP contribution in [0.3, 0.4) is 0 Å². The summed E-state index contributed by atoms with van der Waals surface area (Å²) in [6.45, 7) is 8.99. The molecule has 0 saturated heterocycles. The van der Waals surface area contributed by atoms with Gasteiger partial charge in [-0.25, -0.2) is 0 Å². The van der Waals surface area contributed by atoms with E-state index < -0.39 is 0 Å². The Morgan fingerprint density at radius 2 is 1.52 bits per heavy atom. The van der Waals surface area contributed by atoms with Crippen molar-refractivity contribution in [3.05, 3.63) is 41.0 Å². The zero-order valence-electron chi connectivity index (χ0n) is 16.3. The van der Waals surface area contributed by atoms with E-state index in [1.54, 1.807) is 22.3 Å². The number of benzene rings is 1. The molecule has 0 amide bonds.